The summed E-state index contributed by atoms with van der Waals surface area (Å²) in [5.74, 6) is -0.255. The van der Waals surface area contributed by atoms with E-state index in [2.05, 4.69) is 10.2 Å². The van der Waals surface area contributed by atoms with Crippen LogP contribution < -0.4 is 10.2 Å². The molecule has 7 heteroatoms. The molecule has 0 atom stereocenters. The monoisotopic (exact) mass is 523 g/mol. The Balaban J connectivity index is 1.48. The highest BCUT2D eigenvalue weighted by Crippen LogP contribution is 2.27. The zero-order valence-corrected chi connectivity index (χ0v) is 21.8. The van der Waals surface area contributed by atoms with Crippen LogP contribution in [0.4, 0.5) is 5.69 Å². The lowest BCUT2D eigenvalue weighted by Gasteiger charge is -2.26. The highest BCUT2D eigenvalue weighted by Gasteiger charge is 2.21. The van der Waals surface area contributed by atoms with Crippen molar-refractivity contribution in [3.8, 4) is 0 Å². The molecule has 3 aromatic rings. The number of amides is 2. The average Bonchev–Trinajstić information content (AvgIpc) is 2.88. The molecule has 0 saturated carbocycles. The zero-order valence-electron chi connectivity index (χ0n) is 20.3. The lowest BCUT2D eigenvalue weighted by molar-refractivity contribution is -0.120. The van der Waals surface area contributed by atoms with Gasteiger partial charge in [0.05, 0.1) is 23.6 Å². The van der Waals surface area contributed by atoms with Crippen LogP contribution in [-0.4, -0.2) is 42.9 Å². The SMILES string of the molecule is O=C(Cc1cccc(N(Cc2ccccc2)C(=O)c2ccc(Cl)cc2Cl)c1)NCCN1CCCCC1. The van der Waals surface area contributed by atoms with E-state index in [1.807, 2.05) is 54.6 Å². The predicted octanol–water partition coefficient (Wildman–Crippen LogP) is 5.99. The van der Waals surface area contributed by atoms with Crippen molar-refractivity contribution in [3.63, 3.8) is 0 Å². The summed E-state index contributed by atoms with van der Waals surface area (Å²) in [7, 11) is 0. The minimum atomic E-state index is -0.233. The molecule has 36 heavy (non-hydrogen) atoms. The Morgan fingerprint density at radius 3 is 2.36 bits per heavy atom. The molecule has 1 aliphatic heterocycles. The average molecular weight is 524 g/mol. The third-order valence-corrected chi connectivity index (χ3v) is 6.92. The van der Waals surface area contributed by atoms with E-state index < -0.39 is 0 Å². The highest BCUT2D eigenvalue weighted by molar-refractivity contribution is 6.37. The Hall–Kier alpha value is -2.86. The number of likely N-dealkylation sites (tertiary alicyclic amines) is 1. The van der Waals surface area contributed by atoms with E-state index >= 15 is 0 Å². The van der Waals surface area contributed by atoms with Crippen LogP contribution in [0.3, 0.4) is 0 Å². The van der Waals surface area contributed by atoms with Gasteiger partial charge in [-0.3, -0.25) is 9.59 Å². The Bertz CT molecular complexity index is 1180. The number of nitrogens with one attached hydrogen (secondary N) is 1. The van der Waals surface area contributed by atoms with Crippen molar-refractivity contribution in [2.45, 2.75) is 32.2 Å². The molecule has 0 aromatic heterocycles. The number of hydrogen-bond acceptors (Lipinski definition) is 3. The molecular weight excluding hydrogens is 493 g/mol. The van der Waals surface area contributed by atoms with Gasteiger partial charge in [-0.1, -0.05) is 72.1 Å². The predicted molar refractivity (Wildman–Crippen MR) is 147 cm³/mol. The molecule has 1 saturated heterocycles. The Labute approximate surface area is 223 Å². The van der Waals surface area contributed by atoms with Gasteiger partial charge in [0.2, 0.25) is 5.91 Å². The van der Waals surface area contributed by atoms with Crippen LogP contribution in [0.2, 0.25) is 10.0 Å². The zero-order chi connectivity index (χ0) is 25.3. The van der Waals surface area contributed by atoms with Gasteiger partial charge in [-0.25, -0.2) is 0 Å². The molecule has 5 nitrogen and oxygen atoms in total. The fourth-order valence-corrected chi connectivity index (χ4v) is 4.96. The summed E-state index contributed by atoms with van der Waals surface area (Å²) in [5, 5.41) is 3.81. The molecule has 0 radical (unpaired) electrons. The molecule has 4 rings (SSSR count). The molecule has 2 amide bonds. The normalized spacial score (nSPS) is 13.8. The van der Waals surface area contributed by atoms with Crippen molar-refractivity contribution < 1.29 is 9.59 Å². The van der Waals surface area contributed by atoms with Gasteiger partial charge in [0.15, 0.2) is 0 Å². The molecule has 188 valence electrons. The van der Waals surface area contributed by atoms with Crippen molar-refractivity contribution >= 4 is 40.7 Å². The number of carbonyl (C=O) groups excluding carboxylic acids is 2. The standard InChI is InChI=1S/C29H31Cl2N3O2/c30-24-12-13-26(27(31)20-24)29(36)34(21-22-8-3-1-4-9-22)25-11-7-10-23(18-25)19-28(35)32-14-17-33-15-5-2-6-16-33/h1,3-4,7-13,18,20H,2,5-6,14-17,19,21H2,(H,32,35). The highest BCUT2D eigenvalue weighted by atomic mass is 35.5. The van der Waals surface area contributed by atoms with E-state index in [0.717, 1.165) is 30.8 Å². The van der Waals surface area contributed by atoms with Gasteiger partial charge < -0.3 is 15.1 Å². The molecular formula is C29H31Cl2N3O2. The van der Waals surface area contributed by atoms with Gasteiger partial charge in [-0.05, 0) is 67.4 Å². The van der Waals surface area contributed by atoms with E-state index in [4.69, 9.17) is 23.2 Å². The molecule has 1 aliphatic rings. The van der Waals surface area contributed by atoms with E-state index in [0.29, 0.717) is 34.4 Å². The van der Waals surface area contributed by atoms with Crippen LogP contribution in [0.5, 0.6) is 0 Å². The van der Waals surface area contributed by atoms with Crippen LogP contribution in [0.15, 0.2) is 72.8 Å². The van der Waals surface area contributed by atoms with Gasteiger partial charge >= 0.3 is 0 Å². The largest absolute Gasteiger partial charge is 0.355 e. The molecule has 0 spiro atoms. The second-order valence-corrected chi connectivity index (χ2v) is 9.94. The third kappa shape index (κ3) is 7.33. The van der Waals surface area contributed by atoms with Crippen LogP contribution in [0, 0.1) is 0 Å². The van der Waals surface area contributed by atoms with E-state index in [1.54, 1.807) is 23.1 Å². The van der Waals surface area contributed by atoms with Gasteiger partial charge in [0, 0.05) is 23.8 Å². The number of halogens is 2. The second kappa shape index (κ2) is 12.9. The summed E-state index contributed by atoms with van der Waals surface area (Å²) >= 11 is 12.4. The lowest BCUT2D eigenvalue weighted by atomic mass is 10.1. The quantitative estimate of drug-likeness (QED) is 0.375. The van der Waals surface area contributed by atoms with E-state index in [9.17, 15) is 9.59 Å². The smallest absolute Gasteiger partial charge is 0.260 e. The first kappa shape index (κ1) is 26.2. The first-order chi connectivity index (χ1) is 17.5. The summed E-state index contributed by atoms with van der Waals surface area (Å²) in [6.45, 7) is 4.12. The van der Waals surface area contributed by atoms with Gasteiger partial charge in [0.25, 0.3) is 5.91 Å². The molecule has 1 heterocycles. The molecule has 0 aliphatic carbocycles. The van der Waals surface area contributed by atoms with Crippen molar-refractivity contribution in [3.05, 3.63) is 99.5 Å². The maximum absolute atomic E-state index is 13.6. The molecule has 0 unspecified atom stereocenters. The summed E-state index contributed by atoms with van der Waals surface area (Å²) in [6, 6.07) is 22.2. The minimum absolute atomic E-state index is 0.0224. The maximum atomic E-state index is 13.6. The van der Waals surface area contributed by atoms with Gasteiger partial charge in [0.1, 0.15) is 0 Å². The topological polar surface area (TPSA) is 52.7 Å². The van der Waals surface area contributed by atoms with E-state index in [-0.39, 0.29) is 18.2 Å². The first-order valence-electron chi connectivity index (χ1n) is 12.4. The Morgan fingerprint density at radius 1 is 0.861 bits per heavy atom. The van der Waals surface area contributed by atoms with Crippen LogP contribution in [0.1, 0.15) is 40.7 Å². The number of rotatable bonds is 9. The van der Waals surface area contributed by atoms with Crippen LogP contribution in [0.25, 0.3) is 0 Å². The van der Waals surface area contributed by atoms with Gasteiger partial charge in [-0.2, -0.15) is 0 Å². The number of nitrogens with zero attached hydrogens (tertiary/aromatic N) is 2. The van der Waals surface area contributed by atoms with Crippen molar-refractivity contribution in [2.75, 3.05) is 31.1 Å². The molecule has 0 bridgehead atoms. The second-order valence-electron chi connectivity index (χ2n) is 9.10. The summed E-state index contributed by atoms with van der Waals surface area (Å²) in [6.07, 6.45) is 4.02. The minimum Gasteiger partial charge on any atom is -0.355 e. The number of hydrogen-bond donors (Lipinski definition) is 1. The van der Waals surface area contributed by atoms with Crippen molar-refractivity contribution in [1.82, 2.24) is 10.2 Å². The van der Waals surface area contributed by atoms with Crippen LogP contribution >= 0.6 is 23.2 Å². The van der Waals surface area contributed by atoms with Crippen molar-refractivity contribution in [1.29, 1.82) is 0 Å². The molecule has 1 N–H and O–H groups in total. The van der Waals surface area contributed by atoms with E-state index in [1.165, 1.54) is 19.3 Å². The summed E-state index contributed by atoms with van der Waals surface area (Å²) in [4.78, 5) is 30.3. The fraction of sp³-hybridized carbons (Fsp3) is 0.310. The Kier molecular flexibility index (Phi) is 9.40. The third-order valence-electron chi connectivity index (χ3n) is 6.38. The maximum Gasteiger partial charge on any atom is 0.260 e. The number of benzene rings is 3. The molecule has 1 fully saturated rings. The van der Waals surface area contributed by atoms with Gasteiger partial charge in [-0.15, -0.1) is 0 Å². The lowest BCUT2D eigenvalue weighted by Crippen LogP contribution is -2.38. The fourth-order valence-electron chi connectivity index (χ4n) is 4.47. The number of piperidine rings is 1. The van der Waals surface area contributed by atoms with Crippen LogP contribution in [-0.2, 0) is 17.8 Å². The summed E-state index contributed by atoms with van der Waals surface area (Å²) in [5.41, 5.74) is 2.90. The Morgan fingerprint density at radius 2 is 1.61 bits per heavy atom. The number of carbonyl (C=O) groups is 2. The molecule has 3 aromatic carbocycles. The first-order valence-corrected chi connectivity index (χ1v) is 13.1. The van der Waals surface area contributed by atoms with Crippen molar-refractivity contribution in [2.24, 2.45) is 0 Å². The summed E-state index contributed by atoms with van der Waals surface area (Å²) < 4.78 is 0. The number of anilines is 1.